The first-order valence-electron chi connectivity index (χ1n) is 7.99. The lowest BCUT2D eigenvalue weighted by Gasteiger charge is -2.10. The normalized spacial score (nSPS) is 14.6. The molecule has 2 N–H and O–H groups in total. The van der Waals surface area contributed by atoms with E-state index in [1.54, 1.807) is 12.1 Å². The van der Waals surface area contributed by atoms with Crippen LogP contribution in [0.15, 0.2) is 41.5 Å². The summed E-state index contributed by atoms with van der Waals surface area (Å²) in [5.41, 5.74) is 4.05. The summed E-state index contributed by atoms with van der Waals surface area (Å²) in [6, 6.07) is 11.0. The Morgan fingerprint density at radius 1 is 1.33 bits per heavy atom. The quantitative estimate of drug-likeness (QED) is 0.321. The van der Waals surface area contributed by atoms with Gasteiger partial charge in [-0.3, -0.25) is 4.79 Å². The van der Waals surface area contributed by atoms with E-state index in [2.05, 4.69) is 10.5 Å². The number of ether oxygens (including phenoxy) is 1. The topological polar surface area (TPSA) is 70.9 Å². The Labute approximate surface area is 184 Å². The maximum Gasteiger partial charge on any atom is 0.277 e. The van der Waals surface area contributed by atoms with Gasteiger partial charge in [0.25, 0.3) is 5.91 Å². The minimum absolute atomic E-state index is 0.0629. The van der Waals surface area contributed by atoms with E-state index in [1.807, 2.05) is 70.4 Å². The molecule has 2 aromatic rings. The van der Waals surface area contributed by atoms with Crippen molar-refractivity contribution in [2.24, 2.45) is 5.10 Å². The van der Waals surface area contributed by atoms with Gasteiger partial charge >= 0.3 is 0 Å². The molecule has 0 radical (unpaired) electrons. The van der Waals surface area contributed by atoms with Gasteiger partial charge in [0, 0.05) is 22.1 Å². The van der Waals surface area contributed by atoms with Gasteiger partial charge in [-0.25, -0.2) is 5.43 Å². The average Bonchev–Trinajstić information content (AvgIpc) is 3.19. The van der Waals surface area contributed by atoms with Crippen molar-refractivity contribution < 1.29 is 14.6 Å². The fourth-order valence-corrected chi connectivity index (χ4v) is 6.23. The Hall–Kier alpha value is -1.10. The second kappa shape index (κ2) is 9.90. The summed E-state index contributed by atoms with van der Waals surface area (Å²) in [6.45, 7) is -0.150. The number of carbonyl (C=O) groups excluding carboxylic acids is 1. The van der Waals surface area contributed by atoms with E-state index in [0.29, 0.717) is 24.5 Å². The number of nitrogens with zero attached hydrogens (tertiary/aromatic N) is 1. The van der Waals surface area contributed by atoms with E-state index in [1.165, 1.54) is 23.3 Å². The lowest BCUT2D eigenvalue weighted by molar-refractivity contribution is -0.123. The molecule has 0 saturated carbocycles. The molecule has 9 heteroatoms. The molecule has 5 nitrogen and oxygen atoms in total. The molecule has 1 saturated heterocycles. The minimum atomic E-state index is -0.395. The van der Waals surface area contributed by atoms with Gasteiger partial charge in [-0.2, -0.15) is 5.10 Å². The lowest BCUT2D eigenvalue weighted by atomic mass is 10.2. The Bertz CT molecular complexity index is 843. The predicted molar refractivity (Wildman–Crippen MR) is 121 cm³/mol. The number of halogens is 2. The van der Waals surface area contributed by atoms with E-state index in [4.69, 9.17) is 16.3 Å². The summed E-state index contributed by atoms with van der Waals surface area (Å²) in [6.07, 6.45) is 1.34. The maximum absolute atomic E-state index is 11.9. The SMILES string of the molecule is O=C(COc1ccc(C2SCCS2)cc1)N/N=C\c1cc(Cl)cc(I)c1O. The largest absolute Gasteiger partial charge is 0.506 e. The minimum Gasteiger partial charge on any atom is -0.506 e. The number of phenols is 1. The van der Waals surface area contributed by atoms with Gasteiger partial charge < -0.3 is 9.84 Å². The van der Waals surface area contributed by atoms with Gasteiger partial charge in [0.05, 0.1) is 14.4 Å². The molecule has 0 bridgehead atoms. The molecule has 0 unspecified atom stereocenters. The smallest absolute Gasteiger partial charge is 0.277 e. The zero-order valence-electron chi connectivity index (χ0n) is 14.0. The molecule has 27 heavy (non-hydrogen) atoms. The van der Waals surface area contributed by atoms with Crippen molar-refractivity contribution in [3.8, 4) is 11.5 Å². The van der Waals surface area contributed by atoms with Crippen LogP contribution in [-0.2, 0) is 4.79 Å². The molecule has 2 aromatic carbocycles. The van der Waals surface area contributed by atoms with Crippen molar-refractivity contribution in [2.45, 2.75) is 4.58 Å². The summed E-state index contributed by atoms with van der Waals surface area (Å²) < 4.78 is 6.57. The van der Waals surface area contributed by atoms with Crippen LogP contribution >= 0.6 is 57.7 Å². The number of phenolic OH excluding ortho intramolecular Hbond substituents is 1. The molecule has 0 spiro atoms. The average molecular weight is 535 g/mol. The number of aromatic hydroxyl groups is 1. The summed E-state index contributed by atoms with van der Waals surface area (Å²) in [7, 11) is 0. The van der Waals surface area contributed by atoms with E-state index in [9.17, 15) is 9.90 Å². The lowest BCUT2D eigenvalue weighted by Crippen LogP contribution is -2.24. The van der Waals surface area contributed by atoms with Gasteiger partial charge in [0.2, 0.25) is 0 Å². The summed E-state index contributed by atoms with van der Waals surface area (Å²) in [5.74, 6) is 2.66. The fourth-order valence-electron chi connectivity index (χ4n) is 2.31. The zero-order chi connectivity index (χ0) is 19.2. The van der Waals surface area contributed by atoms with Crippen molar-refractivity contribution in [1.29, 1.82) is 0 Å². The Morgan fingerprint density at radius 3 is 2.74 bits per heavy atom. The van der Waals surface area contributed by atoms with Gasteiger partial charge in [0.15, 0.2) is 6.61 Å². The number of thioether (sulfide) groups is 2. The third kappa shape index (κ3) is 5.94. The molecule has 3 rings (SSSR count). The Balaban J connectivity index is 1.48. The maximum atomic E-state index is 11.9. The number of hydrazone groups is 1. The van der Waals surface area contributed by atoms with Crippen LogP contribution in [0.4, 0.5) is 0 Å². The van der Waals surface area contributed by atoms with Crippen molar-refractivity contribution in [1.82, 2.24) is 5.43 Å². The molecular formula is C18H16ClIN2O3S2. The molecule has 0 aromatic heterocycles. The van der Waals surface area contributed by atoms with Gasteiger partial charge in [0.1, 0.15) is 11.5 Å². The number of amides is 1. The molecule has 1 amide bonds. The second-order valence-corrected chi connectivity index (χ2v) is 9.87. The van der Waals surface area contributed by atoms with E-state index in [0.717, 1.165) is 0 Å². The van der Waals surface area contributed by atoms with Crippen LogP contribution in [0.2, 0.25) is 5.02 Å². The predicted octanol–water partition coefficient (Wildman–Crippen LogP) is 4.66. The third-order valence-electron chi connectivity index (χ3n) is 3.59. The number of benzene rings is 2. The van der Waals surface area contributed by atoms with Crippen LogP contribution in [0.1, 0.15) is 15.7 Å². The summed E-state index contributed by atoms with van der Waals surface area (Å²) in [5, 5.41) is 14.3. The first kappa shape index (κ1) is 20.6. The number of nitrogens with one attached hydrogen (secondary N) is 1. The monoisotopic (exact) mass is 534 g/mol. The highest BCUT2D eigenvalue weighted by Gasteiger charge is 2.18. The van der Waals surface area contributed by atoms with E-state index in [-0.39, 0.29) is 12.4 Å². The van der Waals surface area contributed by atoms with E-state index < -0.39 is 5.91 Å². The first-order chi connectivity index (χ1) is 13.0. The van der Waals surface area contributed by atoms with Crippen LogP contribution in [0.3, 0.4) is 0 Å². The second-order valence-electron chi connectivity index (χ2n) is 5.55. The molecular weight excluding hydrogens is 519 g/mol. The third-order valence-corrected chi connectivity index (χ3v) is 7.74. The van der Waals surface area contributed by atoms with Crippen LogP contribution in [-0.4, -0.2) is 35.3 Å². The summed E-state index contributed by atoms with van der Waals surface area (Å²) >= 11 is 11.8. The van der Waals surface area contributed by atoms with Crippen molar-refractivity contribution in [3.63, 3.8) is 0 Å². The Kier molecular flexibility index (Phi) is 7.57. The van der Waals surface area contributed by atoms with Gasteiger partial charge in [-0.1, -0.05) is 23.7 Å². The number of hydrogen-bond acceptors (Lipinski definition) is 6. The molecule has 0 aliphatic carbocycles. The van der Waals surface area contributed by atoms with E-state index >= 15 is 0 Å². The molecule has 1 aliphatic rings. The molecule has 1 aliphatic heterocycles. The van der Waals surface area contributed by atoms with Crippen LogP contribution in [0, 0.1) is 3.57 Å². The van der Waals surface area contributed by atoms with Crippen LogP contribution < -0.4 is 10.2 Å². The fraction of sp³-hybridized carbons (Fsp3) is 0.222. The van der Waals surface area contributed by atoms with Gasteiger partial charge in [-0.05, 0) is 52.4 Å². The standard InChI is InChI=1S/C18H16ClIN2O3S2/c19-13-7-12(17(24)15(20)8-13)9-21-22-16(23)10-25-14-3-1-11(2-4-14)18-26-5-6-27-18/h1-4,7-9,18,24H,5-6,10H2,(H,22,23)/b21-9-. The number of carbonyl (C=O) groups is 1. The van der Waals surface area contributed by atoms with Crippen molar-refractivity contribution in [2.75, 3.05) is 18.1 Å². The first-order valence-corrected chi connectivity index (χ1v) is 11.5. The van der Waals surface area contributed by atoms with Crippen molar-refractivity contribution >= 4 is 69.8 Å². The highest BCUT2D eigenvalue weighted by atomic mass is 127. The molecule has 1 fully saturated rings. The summed E-state index contributed by atoms with van der Waals surface area (Å²) in [4.78, 5) is 11.9. The highest BCUT2D eigenvalue weighted by molar-refractivity contribution is 14.1. The number of rotatable bonds is 6. The van der Waals surface area contributed by atoms with Crippen molar-refractivity contribution in [3.05, 3.63) is 56.1 Å². The molecule has 142 valence electrons. The Morgan fingerprint density at radius 2 is 2.04 bits per heavy atom. The molecule has 0 atom stereocenters. The zero-order valence-corrected chi connectivity index (χ0v) is 18.6. The number of hydrogen-bond donors (Lipinski definition) is 2. The van der Waals surface area contributed by atoms with Crippen LogP contribution in [0.25, 0.3) is 0 Å². The van der Waals surface area contributed by atoms with Gasteiger partial charge in [-0.15, -0.1) is 23.5 Å². The molecule has 1 heterocycles. The van der Waals surface area contributed by atoms with Crippen LogP contribution in [0.5, 0.6) is 11.5 Å². The highest BCUT2D eigenvalue weighted by Crippen LogP contribution is 2.45.